The minimum atomic E-state index is 0.305. The van der Waals surface area contributed by atoms with Crippen LogP contribution in [0, 0.1) is 0 Å². The normalized spacial score (nSPS) is 10.6. The number of rotatable bonds is 6. The van der Waals surface area contributed by atoms with Crippen molar-refractivity contribution in [3.05, 3.63) is 42.0 Å². The largest absolute Gasteiger partial charge is 0.508 e. The van der Waals surface area contributed by atoms with Crippen LogP contribution < -0.4 is 5.32 Å². The average molecular weight is 232 g/mol. The fourth-order valence-corrected chi connectivity index (χ4v) is 1.58. The number of H-pyrrole nitrogens is 1. The van der Waals surface area contributed by atoms with E-state index in [1.54, 1.807) is 12.1 Å². The fourth-order valence-electron chi connectivity index (χ4n) is 1.58. The predicted octanol–water partition coefficient (Wildman–Crippen LogP) is 1.23. The Kier molecular flexibility index (Phi) is 4.10. The lowest BCUT2D eigenvalue weighted by atomic mass is 10.2. The number of hydrogen-bond acceptors (Lipinski definition) is 4. The van der Waals surface area contributed by atoms with Gasteiger partial charge in [0.15, 0.2) is 0 Å². The molecule has 3 N–H and O–H groups in total. The molecule has 0 aliphatic rings. The van der Waals surface area contributed by atoms with Gasteiger partial charge >= 0.3 is 0 Å². The van der Waals surface area contributed by atoms with Crippen molar-refractivity contribution < 1.29 is 5.11 Å². The van der Waals surface area contributed by atoms with E-state index in [2.05, 4.69) is 20.5 Å². The van der Waals surface area contributed by atoms with Crippen molar-refractivity contribution in [2.24, 2.45) is 0 Å². The number of phenolic OH excluding ortho intramolecular Hbond substituents is 1. The molecule has 0 spiro atoms. The highest BCUT2D eigenvalue weighted by Crippen LogP contribution is 2.09. The first-order valence-corrected chi connectivity index (χ1v) is 5.67. The highest BCUT2D eigenvalue weighted by atomic mass is 16.3. The zero-order valence-electron chi connectivity index (χ0n) is 9.56. The number of aryl methyl sites for hydroxylation is 1. The topological polar surface area (TPSA) is 73.8 Å². The highest BCUT2D eigenvalue weighted by Gasteiger charge is 1.96. The van der Waals surface area contributed by atoms with Crippen molar-refractivity contribution in [2.75, 3.05) is 6.54 Å². The molecule has 0 aliphatic heterocycles. The lowest BCUT2D eigenvalue weighted by Gasteiger charge is -2.04. The first-order chi connectivity index (χ1) is 8.34. The molecular weight excluding hydrogens is 216 g/mol. The molecule has 0 saturated heterocycles. The first kappa shape index (κ1) is 11.6. The molecule has 0 saturated carbocycles. The average Bonchev–Trinajstić information content (AvgIpc) is 2.84. The lowest BCUT2D eigenvalue weighted by molar-refractivity contribution is 0.475. The number of aromatic hydroxyl groups is 1. The third kappa shape index (κ3) is 3.88. The maximum atomic E-state index is 9.14. The fraction of sp³-hybridized carbons (Fsp3) is 0.333. The number of aromatic amines is 1. The van der Waals surface area contributed by atoms with Gasteiger partial charge in [0.2, 0.25) is 0 Å². The molecule has 0 atom stereocenters. The van der Waals surface area contributed by atoms with E-state index in [4.69, 9.17) is 5.11 Å². The minimum Gasteiger partial charge on any atom is -0.508 e. The number of benzene rings is 1. The summed E-state index contributed by atoms with van der Waals surface area (Å²) >= 11 is 0. The summed E-state index contributed by atoms with van der Waals surface area (Å²) in [6.07, 6.45) is 3.45. The van der Waals surface area contributed by atoms with Crippen LogP contribution in [0.15, 0.2) is 30.6 Å². The Balaban J connectivity index is 1.61. The Morgan fingerprint density at radius 1 is 1.24 bits per heavy atom. The van der Waals surface area contributed by atoms with Crippen LogP contribution >= 0.6 is 0 Å². The van der Waals surface area contributed by atoms with E-state index in [9.17, 15) is 0 Å². The predicted molar refractivity (Wildman–Crippen MR) is 64.5 cm³/mol. The number of nitrogens with zero attached hydrogens (tertiary/aromatic N) is 2. The number of hydrogen-bond donors (Lipinski definition) is 3. The van der Waals surface area contributed by atoms with E-state index < -0.39 is 0 Å². The molecule has 0 bridgehead atoms. The zero-order valence-corrected chi connectivity index (χ0v) is 9.56. The van der Waals surface area contributed by atoms with Gasteiger partial charge in [0.25, 0.3) is 0 Å². The lowest BCUT2D eigenvalue weighted by Crippen LogP contribution is -2.15. The molecule has 90 valence electrons. The van der Waals surface area contributed by atoms with Gasteiger partial charge in [0.1, 0.15) is 17.9 Å². The van der Waals surface area contributed by atoms with Crippen LogP contribution in [0.25, 0.3) is 0 Å². The molecule has 0 unspecified atom stereocenters. The molecule has 0 aliphatic carbocycles. The molecule has 5 heteroatoms. The van der Waals surface area contributed by atoms with Crippen LogP contribution in [0.4, 0.5) is 0 Å². The Hall–Kier alpha value is -1.88. The highest BCUT2D eigenvalue weighted by molar-refractivity contribution is 5.25. The van der Waals surface area contributed by atoms with Crippen molar-refractivity contribution in [1.29, 1.82) is 0 Å². The van der Waals surface area contributed by atoms with Crippen molar-refractivity contribution in [3.8, 4) is 5.75 Å². The maximum Gasteiger partial charge on any atom is 0.137 e. The first-order valence-electron chi connectivity index (χ1n) is 5.67. The van der Waals surface area contributed by atoms with Crippen LogP contribution in [0.2, 0.25) is 0 Å². The monoisotopic (exact) mass is 232 g/mol. The Bertz CT molecular complexity index is 424. The van der Waals surface area contributed by atoms with E-state index >= 15 is 0 Å². The summed E-state index contributed by atoms with van der Waals surface area (Å²) < 4.78 is 0. The van der Waals surface area contributed by atoms with E-state index in [-0.39, 0.29) is 0 Å². The molecular formula is C12H16N4O. The molecule has 1 heterocycles. The summed E-state index contributed by atoms with van der Waals surface area (Å²) in [5.74, 6) is 1.23. The summed E-state index contributed by atoms with van der Waals surface area (Å²) in [6.45, 7) is 1.75. The molecule has 0 radical (unpaired) electrons. The molecule has 17 heavy (non-hydrogen) atoms. The molecule has 0 fully saturated rings. The summed E-state index contributed by atoms with van der Waals surface area (Å²) in [7, 11) is 0. The SMILES string of the molecule is Oc1ccc(CNCCCc2ncn[nH]2)cc1. The van der Waals surface area contributed by atoms with Crippen LogP contribution in [0.3, 0.4) is 0 Å². The van der Waals surface area contributed by atoms with Crippen LogP contribution in [0.5, 0.6) is 5.75 Å². The second-order valence-electron chi connectivity index (χ2n) is 3.88. The van der Waals surface area contributed by atoms with Gasteiger partial charge in [-0.05, 0) is 30.7 Å². The third-order valence-electron chi connectivity index (χ3n) is 2.50. The van der Waals surface area contributed by atoms with E-state index in [0.29, 0.717) is 5.75 Å². The van der Waals surface area contributed by atoms with E-state index in [1.165, 1.54) is 11.9 Å². The smallest absolute Gasteiger partial charge is 0.137 e. The molecule has 0 amide bonds. The van der Waals surface area contributed by atoms with Crippen molar-refractivity contribution in [2.45, 2.75) is 19.4 Å². The Labute approximate surface area is 99.9 Å². The summed E-state index contributed by atoms with van der Waals surface area (Å²) in [5, 5.41) is 19.1. The minimum absolute atomic E-state index is 0.305. The van der Waals surface area contributed by atoms with Gasteiger partial charge < -0.3 is 10.4 Å². The van der Waals surface area contributed by atoms with Gasteiger partial charge in [-0.25, -0.2) is 4.98 Å². The van der Waals surface area contributed by atoms with Crippen molar-refractivity contribution >= 4 is 0 Å². The van der Waals surface area contributed by atoms with Crippen LogP contribution in [-0.4, -0.2) is 26.8 Å². The van der Waals surface area contributed by atoms with Crippen molar-refractivity contribution in [1.82, 2.24) is 20.5 Å². The summed E-state index contributed by atoms with van der Waals surface area (Å²) in [4.78, 5) is 4.06. The van der Waals surface area contributed by atoms with Gasteiger partial charge in [-0.1, -0.05) is 12.1 Å². The van der Waals surface area contributed by atoms with E-state index in [1.807, 2.05) is 12.1 Å². The second-order valence-corrected chi connectivity index (χ2v) is 3.88. The van der Waals surface area contributed by atoms with Gasteiger partial charge in [0.05, 0.1) is 0 Å². The third-order valence-corrected chi connectivity index (χ3v) is 2.50. The van der Waals surface area contributed by atoms with E-state index in [0.717, 1.165) is 31.8 Å². The van der Waals surface area contributed by atoms with Crippen LogP contribution in [-0.2, 0) is 13.0 Å². The zero-order chi connectivity index (χ0) is 11.9. The summed E-state index contributed by atoms with van der Waals surface area (Å²) in [5.41, 5.74) is 1.17. The van der Waals surface area contributed by atoms with Crippen molar-refractivity contribution in [3.63, 3.8) is 0 Å². The Morgan fingerprint density at radius 3 is 2.76 bits per heavy atom. The number of nitrogens with one attached hydrogen (secondary N) is 2. The standard InChI is InChI=1S/C12H16N4O/c17-11-5-3-10(4-6-11)8-13-7-1-2-12-14-9-15-16-12/h3-6,9,13,17H,1-2,7-8H2,(H,14,15,16). The van der Waals surface area contributed by atoms with Gasteiger partial charge in [-0.15, -0.1) is 0 Å². The van der Waals surface area contributed by atoms with Gasteiger partial charge in [-0.2, -0.15) is 5.10 Å². The molecule has 1 aromatic heterocycles. The summed E-state index contributed by atoms with van der Waals surface area (Å²) in [6, 6.07) is 7.23. The molecule has 5 nitrogen and oxygen atoms in total. The molecule has 2 aromatic rings. The molecule has 1 aromatic carbocycles. The molecule has 2 rings (SSSR count). The van der Waals surface area contributed by atoms with Crippen LogP contribution in [0.1, 0.15) is 17.8 Å². The second kappa shape index (κ2) is 6.00. The Morgan fingerprint density at radius 2 is 2.06 bits per heavy atom. The van der Waals surface area contributed by atoms with Gasteiger partial charge in [0, 0.05) is 13.0 Å². The number of phenols is 1. The van der Waals surface area contributed by atoms with Gasteiger partial charge in [-0.3, -0.25) is 5.10 Å². The maximum absolute atomic E-state index is 9.14. The number of aromatic nitrogens is 3. The quantitative estimate of drug-likeness (QED) is 0.655.